The Kier molecular flexibility index (Phi) is 3.92. The number of aryl methyl sites for hydroxylation is 1. The molecule has 0 aromatic heterocycles. The third-order valence-corrected chi connectivity index (χ3v) is 6.63. The lowest BCUT2D eigenvalue weighted by Gasteiger charge is -2.57. The average molecular weight is 391 g/mol. The van der Waals surface area contributed by atoms with E-state index in [9.17, 15) is 14.3 Å². The van der Waals surface area contributed by atoms with E-state index < -0.39 is 5.82 Å². The molecule has 0 atom stereocenters. The summed E-state index contributed by atoms with van der Waals surface area (Å²) in [6, 6.07) is 12.5. The molecule has 0 unspecified atom stereocenters. The first-order valence-corrected chi connectivity index (χ1v) is 10.1. The predicted octanol–water partition coefficient (Wildman–Crippen LogP) is 3.86. The minimum atomic E-state index is -0.584. The van der Waals surface area contributed by atoms with Gasteiger partial charge in [0.05, 0.1) is 11.6 Å². The van der Waals surface area contributed by atoms with Gasteiger partial charge < -0.3 is 10.0 Å². The van der Waals surface area contributed by atoms with Gasteiger partial charge in [0.25, 0.3) is 5.91 Å². The van der Waals surface area contributed by atoms with Crippen molar-refractivity contribution in [2.24, 2.45) is 5.41 Å². The standard InChI is InChI=1S/C24H23FN2O2/c1-15-5-3-4-6-19(15)22-9-16(2)27(22)17-11-24(12-17)13-26(14-24)23(29)20-10-18(28)7-8-21(20)25/h3-10,17H,11-14H2,1-2H3/p+1. The molecule has 148 valence electrons. The second-order valence-electron chi connectivity index (χ2n) is 8.74. The monoisotopic (exact) mass is 391 g/mol. The van der Waals surface area contributed by atoms with Crippen molar-refractivity contribution < 1.29 is 18.9 Å². The molecule has 2 aromatic rings. The lowest BCUT2D eigenvalue weighted by atomic mass is 9.60. The van der Waals surface area contributed by atoms with Gasteiger partial charge in [-0.25, -0.2) is 4.39 Å². The van der Waals surface area contributed by atoms with Crippen molar-refractivity contribution in [3.05, 3.63) is 76.7 Å². The fraction of sp³-hybridized carbons (Fsp3) is 0.333. The van der Waals surface area contributed by atoms with Crippen LogP contribution in [0, 0.1) is 18.2 Å². The molecule has 1 aliphatic carbocycles. The summed E-state index contributed by atoms with van der Waals surface area (Å²) in [5.41, 5.74) is 5.24. The third kappa shape index (κ3) is 2.79. The highest BCUT2D eigenvalue weighted by molar-refractivity contribution is 6.09. The van der Waals surface area contributed by atoms with Crippen molar-refractivity contribution >= 4 is 11.6 Å². The maximum Gasteiger partial charge on any atom is 0.257 e. The maximum absolute atomic E-state index is 14.0. The Hall–Kier alpha value is -2.95. The normalized spacial score (nSPS) is 20.1. The molecular weight excluding hydrogens is 367 g/mol. The second-order valence-corrected chi connectivity index (χ2v) is 8.74. The number of phenols is 1. The fourth-order valence-electron chi connectivity index (χ4n) is 5.15. The molecule has 2 aliphatic heterocycles. The number of benzene rings is 2. The van der Waals surface area contributed by atoms with Crippen LogP contribution in [-0.4, -0.2) is 45.3 Å². The number of amides is 1. The quantitative estimate of drug-likeness (QED) is 0.808. The van der Waals surface area contributed by atoms with Crippen LogP contribution in [0.15, 0.2) is 54.2 Å². The van der Waals surface area contributed by atoms with Crippen LogP contribution >= 0.6 is 0 Å². The number of nitrogens with zero attached hydrogens (tertiary/aromatic N) is 2. The lowest BCUT2D eigenvalue weighted by Crippen LogP contribution is -2.67. The smallest absolute Gasteiger partial charge is 0.257 e. The summed E-state index contributed by atoms with van der Waals surface area (Å²) in [4.78, 5) is 14.3. The van der Waals surface area contributed by atoms with Gasteiger partial charge in [0.1, 0.15) is 11.6 Å². The molecule has 1 amide bonds. The Bertz CT molecular complexity index is 1090. The van der Waals surface area contributed by atoms with Gasteiger partial charge in [-0.05, 0) is 36.8 Å². The van der Waals surface area contributed by atoms with Gasteiger partial charge >= 0.3 is 0 Å². The van der Waals surface area contributed by atoms with Gasteiger partial charge in [-0.1, -0.05) is 18.2 Å². The summed E-state index contributed by atoms with van der Waals surface area (Å²) in [6.07, 6.45) is 4.33. The number of hydrogen-bond acceptors (Lipinski definition) is 2. The van der Waals surface area contributed by atoms with Crippen LogP contribution in [0.3, 0.4) is 0 Å². The van der Waals surface area contributed by atoms with Crippen molar-refractivity contribution in [1.82, 2.24) is 4.90 Å². The summed E-state index contributed by atoms with van der Waals surface area (Å²) < 4.78 is 16.4. The molecule has 2 aromatic carbocycles. The fourth-order valence-corrected chi connectivity index (χ4v) is 5.15. The minimum Gasteiger partial charge on any atom is -0.508 e. The van der Waals surface area contributed by atoms with E-state index in [0.717, 1.165) is 18.9 Å². The van der Waals surface area contributed by atoms with Crippen LogP contribution in [0.1, 0.15) is 41.3 Å². The molecule has 29 heavy (non-hydrogen) atoms. The zero-order valence-corrected chi connectivity index (χ0v) is 16.7. The summed E-state index contributed by atoms with van der Waals surface area (Å²) in [5, 5.41) is 9.56. The van der Waals surface area contributed by atoms with E-state index in [-0.39, 0.29) is 22.6 Å². The summed E-state index contributed by atoms with van der Waals surface area (Å²) in [5.74, 6) is -1.01. The molecule has 0 bridgehead atoms. The average Bonchev–Trinajstić information content (AvgIpc) is 2.62. The molecule has 1 N–H and O–H groups in total. The van der Waals surface area contributed by atoms with E-state index in [1.807, 2.05) is 0 Å². The number of phenolic OH excluding ortho intramolecular Hbond substituents is 1. The molecule has 1 saturated heterocycles. The Labute approximate surface area is 169 Å². The number of carbonyl (C=O) groups is 1. The van der Waals surface area contributed by atoms with E-state index in [1.54, 1.807) is 4.90 Å². The number of hydrogen-bond donors (Lipinski definition) is 1. The van der Waals surface area contributed by atoms with Crippen LogP contribution < -0.4 is 0 Å². The van der Waals surface area contributed by atoms with Gasteiger partial charge in [-0.15, -0.1) is 0 Å². The van der Waals surface area contributed by atoms with Crippen LogP contribution in [0.5, 0.6) is 5.75 Å². The number of aromatic hydroxyl groups is 1. The van der Waals surface area contributed by atoms with Crippen molar-refractivity contribution in [1.29, 1.82) is 0 Å². The van der Waals surface area contributed by atoms with Crippen molar-refractivity contribution in [3.8, 4) is 5.75 Å². The van der Waals surface area contributed by atoms with E-state index in [0.29, 0.717) is 19.1 Å². The Balaban J connectivity index is 1.26. The van der Waals surface area contributed by atoms with Gasteiger partial charge in [-0.2, -0.15) is 4.58 Å². The highest BCUT2D eigenvalue weighted by Gasteiger charge is 2.59. The van der Waals surface area contributed by atoms with Crippen LogP contribution in [0.4, 0.5) is 4.39 Å². The molecule has 0 radical (unpaired) electrons. The number of likely N-dealkylation sites (tertiary alicyclic amines) is 1. The zero-order valence-electron chi connectivity index (χ0n) is 16.7. The number of halogens is 1. The van der Waals surface area contributed by atoms with Crippen LogP contribution in [-0.2, 0) is 0 Å². The summed E-state index contributed by atoms with van der Waals surface area (Å²) in [7, 11) is 0. The lowest BCUT2D eigenvalue weighted by molar-refractivity contribution is -0.554. The summed E-state index contributed by atoms with van der Waals surface area (Å²) >= 11 is 0. The molecule has 5 heteroatoms. The largest absolute Gasteiger partial charge is 0.508 e. The van der Waals surface area contributed by atoms with Gasteiger partial charge in [0, 0.05) is 43.8 Å². The maximum atomic E-state index is 14.0. The predicted molar refractivity (Wildman–Crippen MR) is 109 cm³/mol. The first kappa shape index (κ1) is 18.1. The van der Waals surface area contributed by atoms with E-state index in [4.69, 9.17) is 0 Å². The van der Waals surface area contributed by atoms with Crippen LogP contribution in [0.2, 0.25) is 0 Å². The van der Waals surface area contributed by atoms with E-state index >= 15 is 0 Å². The molecule has 5 rings (SSSR count). The van der Waals surface area contributed by atoms with Gasteiger partial charge in [0.15, 0.2) is 11.7 Å². The van der Waals surface area contributed by atoms with Crippen molar-refractivity contribution in [3.63, 3.8) is 0 Å². The summed E-state index contributed by atoms with van der Waals surface area (Å²) in [6.45, 7) is 5.61. The first-order valence-electron chi connectivity index (χ1n) is 10.1. The zero-order chi connectivity index (χ0) is 20.3. The highest BCUT2D eigenvalue weighted by Crippen LogP contribution is 2.51. The van der Waals surface area contributed by atoms with Gasteiger partial charge in [0.2, 0.25) is 5.71 Å². The minimum absolute atomic E-state index is 0.0487. The topological polar surface area (TPSA) is 43.5 Å². The van der Waals surface area contributed by atoms with Crippen molar-refractivity contribution in [2.75, 3.05) is 13.1 Å². The third-order valence-electron chi connectivity index (χ3n) is 6.63. The second kappa shape index (κ2) is 6.28. The highest BCUT2D eigenvalue weighted by atomic mass is 19.1. The number of rotatable bonds is 3. The Morgan fingerprint density at radius 1 is 1.17 bits per heavy atom. The van der Waals surface area contributed by atoms with Crippen molar-refractivity contribution in [2.45, 2.75) is 32.7 Å². The molecular formula is C24H24FN2O2+. The Morgan fingerprint density at radius 3 is 2.59 bits per heavy atom. The SMILES string of the molecule is CC1=CC(c2ccccc2C)=[N+]1C1CC2(C1)CN(C(=O)c1cc(O)ccc1F)C2. The molecule has 2 fully saturated rings. The molecule has 1 spiro atoms. The first-order chi connectivity index (χ1) is 13.9. The number of allylic oxidation sites excluding steroid dienone is 2. The van der Waals surface area contributed by atoms with Gasteiger partial charge in [-0.3, -0.25) is 4.79 Å². The molecule has 1 saturated carbocycles. The van der Waals surface area contributed by atoms with E-state index in [1.165, 1.54) is 34.7 Å². The molecule has 3 aliphatic rings. The van der Waals surface area contributed by atoms with Crippen LogP contribution in [0.25, 0.3) is 0 Å². The Morgan fingerprint density at radius 2 is 1.90 bits per heavy atom. The molecule has 2 heterocycles. The van der Waals surface area contributed by atoms with E-state index in [2.05, 4.69) is 48.8 Å². The number of carbonyl (C=O) groups excluding carboxylic acids is 1. The molecule has 4 nitrogen and oxygen atoms in total.